The Kier molecular flexibility index (Phi) is 3.20. The lowest BCUT2D eigenvalue weighted by molar-refractivity contribution is -0.207. The minimum absolute atomic E-state index is 0.399. The molecule has 0 radical (unpaired) electrons. The molecule has 0 spiro atoms. The Hall–Kier alpha value is -1.10. The molecule has 3 atom stereocenters. The van der Waals surface area contributed by atoms with E-state index in [-0.39, 0.29) is 0 Å². The van der Waals surface area contributed by atoms with Crippen LogP contribution in [0.5, 0.6) is 5.75 Å². The Labute approximate surface area is 88.1 Å². The Bertz CT molecular complexity index is 301. The highest BCUT2D eigenvalue weighted by atomic mass is 16.7. The third-order valence-corrected chi connectivity index (χ3v) is 2.36. The highest BCUT2D eigenvalue weighted by molar-refractivity contribution is 5.21. The normalized spacial score (nSPS) is 31.2. The van der Waals surface area contributed by atoms with Crippen molar-refractivity contribution < 1.29 is 19.7 Å². The van der Waals surface area contributed by atoms with Crippen LogP contribution in [0.4, 0.5) is 0 Å². The number of hydrogen-bond acceptors (Lipinski definition) is 4. The Morgan fingerprint density at radius 3 is 2.67 bits per heavy atom. The minimum atomic E-state index is -0.987. The van der Waals surface area contributed by atoms with Gasteiger partial charge in [0.2, 0.25) is 6.29 Å². The summed E-state index contributed by atoms with van der Waals surface area (Å²) >= 11 is 0. The van der Waals surface area contributed by atoms with Gasteiger partial charge in [-0.2, -0.15) is 0 Å². The lowest BCUT2D eigenvalue weighted by Gasteiger charge is -2.31. The lowest BCUT2D eigenvalue weighted by Crippen LogP contribution is -2.47. The Morgan fingerprint density at radius 1 is 1.20 bits per heavy atom. The number of aliphatic hydroxyl groups excluding tert-OH is 2. The molecule has 4 heteroatoms. The summed E-state index contributed by atoms with van der Waals surface area (Å²) in [5.74, 6) is 0.621. The van der Waals surface area contributed by atoms with E-state index in [0.717, 1.165) is 0 Å². The second-order valence-corrected chi connectivity index (χ2v) is 3.52. The predicted molar refractivity (Wildman–Crippen MR) is 53.4 cm³/mol. The first-order valence-electron chi connectivity index (χ1n) is 4.97. The smallest absolute Gasteiger partial charge is 0.228 e. The van der Waals surface area contributed by atoms with Gasteiger partial charge in [-0.3, -0.25) is 0 Å². The van der Waals surface area contributed by atoms with Crippen molar-refractivity contribution in [2.75, 3.05) is 6.61 Å². The molecule has 1 fully saturated rings. The second-order valence-electron chi connectivity index (χ2n) is 3.52. The standard InChI is InChI=1S/C11H14O4/c12-9-6-7-14-11(10(9)13)15-8-4-2-1-3-5-8/h1-5,9-13H,6-7H2/t9-,10+,11-/m0/s1. The molecule has 15 heavy (non-hydrogen) atoms. The molecule has 1 aliphatic rings. The van der Waals surface area contributed by atoms with E-state index < -0.39 is 18.5 Å². The molecule has 0 aromatic heterocycles. The Balaban J connectivity index is 1.99. The maximum absolute atomic E-state index is 9.60. The van der Waals surface area contributed by atoms with Crippen molar-refractivity contribution in [2.45, 2.75) is 24.9 Å². The van der Waals surface area contributed by atoms with Crippen LogP contribution < -0.4 is 4.74 Å². The van der Waals surface area contributed by atoms with Crippen molar-refractivity contribution in [2.24, 2.45) is 0 Å². The number of hydrogen-bond donors (Lipinski definition) is 2. The SMILES string of the molecule is O[C@H]1[C@H](Oc2ccccc2)OCC[C@@H]1O. The molecule has 1 aromatic rings. The van der Waals surface area contributed by atoms with Crippen LogP contribution in [0.25, 0.3) is 0 Å². The van der Waals surface area contributed by atoms with Gasteiger partial charge in [-0.15, -0.1) is 0 Å². The van der Waals surface area contributed by atoms with Gasteiger partial charge in [-0.1, -0.05) is 18.2 Å². The van der Waals surface area contributed by atoms with Crippen LogP contribution in [0.15, 0.2) is 30.3 Å². The fraction of sp³-hybridized carbons (Fsp3) is 0.455. The first-order chi connectivity index (χ1) is 7.27. The zero-order valence-electron chi connectivity index (χ0n) is 8.24. The van der Waals surface area contributed by atoms with Crippen LogP contribution in [-0.2, 0) is 4.74 Å². The van der Waals surface area contributed by atoms with Crippen molar-refractivity contribution in [1.29, 1.82) is 0 Å². The molecule has 2 N–H and O–H groups in total. The molecule has 1 saturated heterocycles. The summed E-state index contributed by atoms with van der Waals surface area (Å²) in [6.45, 7) is 0.399. The first kappa shape index (κ1) is 10.4. The van der Waals surface area contributed by atoms with Gasteiger partial charge in [-0.25, -0.2) is 0 Å². The largest absolute Gasteiger partial charge is 0.462 e. The van der Waals surface area contributed by atoms with Crippen molar-refractivity contribution >= 4 is 0 Å². The van der Waals surface area contributed by atoms with Gasteiger partial charge in [0, 0.05) is 0 Å². The number of ether oxygens (including phenoxy) is 2. The molecule has 0 saturated carbocycles. The molecule has 0 unspecified atom stereocenters. The molecule has 1 heterocycles. The van der Waals surface area contributed by atoms with E-state index in [9.17, 15) is 10.2 Å². The van der Waals surface area contributed by atoms with Crippen LogP contribution >= 0.6 is 0 Å². The van der Waals surface area contributed by atoms with Crippen LogP contribution in [0.2, 0.25) is 0 Å². The zero-order chi connectivity index (χ0) is 10.7. The molecule has 1 aromatic carbocycles. The molecule has 0 amide bonds. The first-order valence-corrected chi connectivity index (χ1v) is 4.97. The highest BCUT2D eigenvalue weighted by Gasteiger charge is 2.32. The summed E-state index contributed by atoms with van der Waals surface area (Å²) in [6.07, 6.45) is -2.10. The molecule has 82 valence electrons. The maximum Gasteiger partial charge on any atom is 0.228 e. The van der Waals surface area contributed by atoms with E-state index in [2.05, 4.69) is 0 Å². The fourth-order valence-corrected chi connectivity index (χ4v) is 1.49. The van der Waals surface area contributed by atoms with E-state index in [1.807, 2.05) is 18.2 Å². The monoisotopic (exact) mass is 210 g/mol. The van der Waals surface area contributed by atoms with Gasteiger partial charge in [-0.05, 0) is 18.6 Å². The van der Waals surface area contributed by atoms with Gasteiger partial charge < -0.3 is 19.7 Å². The third kappa shape index (κ3) is 2.47. The summed E-state index contributed by atoms with van der Waals surface area (Å²) in [6, 6.07) is 9.09. The summed E-state index contributed by atoms with van der Waals surface area (Å²) in [5, 5.41) is 19.0. The van der Waals surface area contributed by atoms with Crippen LogP contribution in [0, 0.1) is 0 Å². The number of para-hydroxylation sites is 1. The van der Waals surface area contributed by atoms with Gasteiger partial charge in [0.15, 0.2) is 0 Å². The molecular formula is C11H14O4. The van der Waals surface area contributed by atoms with Gasteiger partial charge in [0.25, 0.3) is 0 Å². The summed E-state index contributed by atoms with van der Waals surface area (Å²) in [5.41, 5.74) is 0. The minimum Gasteiger partial charge on any atom is -0.462 e. The average Bonchev–Trinajstić information content (AvgIpc) is 2.26. The zero-order valence-corrected chi connectivity index (χ0v) is 8.24. The van der Waals surface area contributed by atoms with E-state index in [0.29, 0.717) is 18.8 Å². The summed E-state index contributed by atoms with van der Waals surface area (Å²) in [4.78, 5) is 0. The highest BCUT2D eigenvalue weighted by Crippen LogP contribution is 2.19. The van der Waals surface area contributed by atoms with Gasteiger partial charge >= 0.3 is 0 Å². The quantitative estimate of drug-likeness (QED) is 0.747. The van der Waals surface area contributed by atoms with Crippen LogP contribution in [0.1, 0.15) is 6.42 Å². The average molecular weight is 210 g/mol. The van der Waals surface area contributed by atoms with E-state index in [1.54, 1.807) is 12.1 Å². The number of benzene rings is 1. The van der Waals surface area contributed by atoms with Crippen molar-refractivity contribution in [3.8, 4) is 5.75 Å². The summed E-state index contributed by atoms with van der Waals surface area (Å²) < 4.78 is 10.6. The van der Waals surface area contributed by atoms with E-state index in [1.165, 1.54) is 0 Å². The molecule has 4 nitrogen and oxygen atoms in total. The number of rotatable bonds is 2. The molecule has 0 aliphatic carbocycles. The number of aliphatic hydroxyl groups is 2. The predicted octanol–water partition coefficient (Wildman–Crippen LogP) is 0.534. The van der Waals surface area contributed by atoms with Crippen molar-refractivity contribution in [3.63, 3.8) is 0 Å². The van der Waals surface area contributed by atoms with E-state index >= 15 is 0 Å². The van der Waals surface area contributed by atoms with E-state index in [4.69, 9.17) is 9.47 Å². The van der Waals surface area contributed by atoms with Crippen molar-refractivity contribution in [3.05, 3.63) is 30.3 Å². The molecule has 2 rings (SSSR count). The van der Waals surface area contributed by atoms with Crippen LogP contribution in [-0.4, -0.2) is 35.3 Å². The van der Waals surface area contributed by atoms with Crippen LogP contribution in [0.3, 0.4) is 0 Å². The van der Waals surface area contributed by atoms with Gasteiger partial charge in [0.1, 0.15) is 11.9 Å². The topological polar surface area (TPSA) is 58.9 Å². The maximum atomic E-state index is 9.60. The third-order valence-electron chi connectivity index (χ3n) is 2.36. The molecule has 0 bridgehead atoms. The Morgan fingerprint density at radius 2 is 1.93 bits per heavy atom. The molecule has 1 aliphatic heterocycles. The fourth-order valence-electron chi connectivity index (χ4n) is 1.49. The summed E-state index contributed by atoms with van der Waals surface area (Å²) in [7, 11) is 0. The van der Waals surface area contributed by atoms with Gasteiger partial charge in [0.05, 0.1) is 12.7 Å². The molecular weight excluding hydrogens is 196 g/mol. The van der Waals surface area contributed by atoms with Crippen molar-refractivity contribution in [1.82, 2.24) is 0 Å². The second kappa shape index (κ2) is 4.61. The lowest BCUT2D eigenvalue weighted by atomic mass is 10.1.